The molecule has 1 aromatic heterocycles. The topological polar surface area (TPSA) is 51.2 Å². The minimum absolute atomic E-state index is 0.170. The van der Waals surface area contributed by atoms with E-state index in [2.05, 4.69) is 26.2 Å². The molecule has 0 saturated heterocycles. The van der Waals surface area contributed by atoms with Gasteiger partial charge in [-0.25, -0.2) is 4.98 Å². The number of carbonyl (C=O) groups is 1. The number of amides is 1. The van der Waals surface area contributed by atoms with Crippen LogP contribution in [0.25, 0.3) is 0 Å². The summed E-state index contributed by atoms with van der Waals surface area (Å²) in [5.74, 6) is -0.170. The standard InChI is InChI=1S/C20H17BrN2O2/c21-19-12-17(10-11-22-19)20(24)23-18-8-6-16(7-9-18)14-25-13-15-4-2-1-3-5-15/h1-12H,13-14H2,(H,23,24). The molecule has 1 heterocycles. The number of nitrogens with one attached hydrogen (secondary N) is 1. The molecule has 0 fully saturated rings. The number of hydrogen-bond donors (Lipinski definition) is 1. The van der Waals surface area contributed by atoms with Gasteiger partial charge < -0.3 is 10.1 Å². The molecule has 0 aliphatic heterocycles. The van der Waals surface area contributed by atoms with Crippen LogP contribution in [0.15, 0.2) is 77.5 Å². The van der Waals surface area contributed by atoms with Gasteiger partial charge in [-0.3, -0.25) is 4.79 Å². The molecule has 0 aliphatic rings. The van der Waals surface area contributed by atoms with Crippen molar-refractivity contribution in [2.75, 3.05) is 5.32 Å². The number of benzene rings is 2. The highest BCUT2D eigenvalue weighted by atomic mass is 79.9. The summed E-state index contributed by atoms with van der Waals surface area (Å²) in [7, 11) is 0. The lowest BCUT2D eigenvalue weighted by molar-refractivity contribution is 0.102. The van der Waals surface area contributed by atoms with Crippen LogP contribution in [0.5, 0.6) is 0 Å². The lowest BCUT2D eigenvalue weighted by atomic mass is 10.2. The second-order valence-electron chi connectivity index (χ2n) is 5.50. The first-order valence-electron chi connectivity index (χ1n) is 7.84. The second kappa shape index (κ2) is 8.55. The van der Waals surface area contributed by atoms with Gasteiger partial charge in [0.05, 0.1) is 13.2 Å². The van der Waals surface area contributed by atoms with E-state index in [0.717, 1.165) is 16.8 Å². The van der Waals surface area contributed by atoms with Gasteiger partial charge in [-0.05, 0) is 51.3 Å². The largest absolute Gasteiger partial charge is 0.372 e. The molecule has 0 atom stereocenters. The van der Waals surface area contributed by atoms with Crippen molar-refractivity contribution in [3.8, 4) is 0 Å². The van der Waals surface area contributed by atoms with Crippen LogP contribution in [0.1, 0.15) is 21.5 Å². The van der Waals surface area contributed by atoms with Crippen LogP contribution in [0.2, 0.25) is 0 Å². The minimum Gasteiger partial charge on any atom is -0.372 e. The molecule has 0 radical (unpaired) electrons. The van der Waals surface area contributed by atoms with Crippen LogP contribution in [0.4, 0.5) is 5.69 Å². The van der Waals surface area contributed by atoms with Gasteiger partial charge >= 0.3 is 0 Å². The predicted molar refractivity (Wildman–Crippen MR) is 101 cm³/mol. The zero-order valence-corrected chi connectivity index (χ0v) is 15.1. The number of nitrogens with zero attached hydrogens (tertiary/aromatic N) is 1. The number of pyridine rings is 1. The van der Waals surface area contributed by atoms with Crippen molar-refractivity contribution in [2.45, 2.75) is 13.2 Å². The van der Waals surface area contributed by atoms with Gasteiger partial charge in [0.15, 0.2) is 0 Å². The Labute approximate surface area is 155 Å². The van der Waals surface area contributed by atoms with Crippen molar-refractivity contribution in [1.82, 2.24) is 4.98 Å². The zero-order valence-electron chi connectivity index (χ0n) is 13.5. The zero-order chi connectivity index (χ0) is 17.5. The van der Waals surface area contributed by atoms with E-state index in [0.29, 0.717) is 23.4 Å². The van der Waals surface area contributed by atoms with E-state index in [1.807, 2.05) is 54.6 Å². The number of aromatic nitrogens is 1. The van der Waals surface area contributed by atoms with E-state index in [4.69, 9.17) is 4.74 Å². The maximum Gasteiger partial charge on any atom is 0.255 e. The highest BCUT2D eigenvalue weighted by Crippen LogP contribution is 2.14. The first-order valence-corrected chi connectivity index (χ1v) is 8.63. The van der Waals surface area contributed by atoms with Gasteiger partial charge in [0.2, 0.25) is 0 Å². The first-order chi connectivity index (χ1) is 12.2. The molecule has 126 valence electrons. The summed E-state index contributed by atoms with van der Waals surface area (Å²) in [4.78, 5) is 16.2. The maximum absolute atomic E-state index is 12.2. The summed E-state index contributed by atoms with van der Waals surface area (Å²) in [6.07, 6.45) is 1.59. The Bertz CT molecular complexity index is 836. The molecule has 0 bridgehead atoms. The van der Waals surface area contributed by atoms with Crippen LogP contribution in [0.3, 0.4) is 0 Å². The molecule has 25 heavy (non-hydrogen) atoms. The molecule has 5 heteroatoms. The predicted octanol–water partition coefficient (Wildman–Crippen LogP) is 4.81. The summed E-state index contributed by atoms with van der Waals surface area (Å²) in [6.45, 7) is 1.11. The highest BCUT2D eigenvalue weighted by molar-refractivity contribution is 9.10. The Hall–Kier alpha value is -2.50. The number of ether oxygens (including phenoxy) is 1. The first kappa shape index (κ1) is 17.3. The molecule has 2 aromatic carbocycles. The summed E-state index contributed by atoms with van der Waals surface area (Å²) in [6, 6.07) is 21.0. The molecule has 0 aliphatic carbocycles. The molecule has 4 nitrogen and oxygen atoms in total. The average Bonchev–Trinajstić information content (AvgIpc) is 2.64. The van der Waals surface area contributed by atoms with E-state index in [9.17, 15) is 4.79 Å². The number of carbonyl (C=O) groups excluding carboxylic acids is 1. The fourth-order valence-electron chi connectivity index (χ4n) is 2.29. The van der Waals surface area contributed by atoms with E-state index in [-0.39, 0.29) is 5.91 Å². The van der Waals surface area contributed by atoms with Gasteiger partial charge in [-0.2, -0.15) is 0 Å². The van der Waals surface area contributed by atoms with Gasteiger partial charge in [0.25, 0.3) is 5.91 Å². The van der Waals surface area contributed by atoms with E-state index >= 15 is 0 Å². The number of rotatable bonds is 6. The van der Waals surface area contributed by atoms with Crippen LogP contribution >= 0.6 is 15.9 Å². The molecule has 0 unspecified atom stereocenters. The molecule has 0 spiro atoms. The Morgan fingerprint density at radius 1 is 0.960 bits per heavy atom. The third-order valence-corrected chi connectivity index (χ3v) is 4.01. The SMILES string of the molecule is O=C(Nc1ccc(COCc2ccccc2)cc1)c1ccnc(Br)c1. The summed E-state index contributed by atoms with van der Waals surface area (Å²) >= 11 is 3.26. The summed E-state index contributed by atoms with van der Waals surface area (Å²) in [5, 5.41) is 2.87. The van der Waals surface area contributed by atoms with Gasteiger partial charge in [-0.15, -0.1) is 0 Å². The van der Waals surface area contributed by atoms with E-state index in [1.165, 1.54) is 0 Å². The van der Waals surface area contributed by atoms with E-state index < -0.39 is 0 Å². The fraction of sp³-hybridized carbons (Fsp3) is 0.100. The number of anilines is 1. The average molecular weight is 397 g/mol. The van der Waals surface area contributed by atoms with E-state index in [1.54, 1.807) is 18.3 Å². The van der Waals surface area contributed by atoms with Gasteiger partial charge in [0.1, 0.15) is 4.60 Å². The molecule has 3 aromatic rings. The highest BCUT2D eigenvalue weighted by Gasteiger charge is 2.06. The molecule has 0 saturated carbocycles. The Kier molecular flexibility index (Phi) is 5.93. The Morgan fingerprint density at radius 3 is 2.32 bits per heavy atom. The number of hydrogen-bond acceptors (Lipinski definition) is 3. The summed E-state index contributed by atoms with van der Waals surface area (Å²) in [5.41, 5.74) is 3.50. The summed E-state index contributed by atoms with van der Waals surface area (Å²) < 4.78 is 6.34. The van der Waals surface area contributed by atoms with Crippen molar-refractivity contribution in [2.24, 2.45) is 0 Å². The number of halogens is 1. The molecular formula is C20H17BrN2O2. The van der Waals surface area contributed by atoms with Crippen molar-refractivity contribution >= 4 is 27.5 Å². The van der Waals surface area contributed by atoms with Crippen molar-refractivity contribution in [3.63, 3.8) is 0 Å². The minimum atomic E-state index is -0.170. The second-order valence-corrected chi connectivity index (χ2v) is 6.31. The molecule has 1 N–H and O–H groups in total. The van der Waals surface area contributed by atoms with Crippen molar-refractivity contribution < 1.29 is 9.53 Å². The third kappa shape index (κ3) is 5.24. The maximum atomic E-state index is 12.2. The normalized spacial score (nSPS) is 10.4. The van der Waals surface area contributed by atoms with Gasteiger partial charge in [-0.1, -0.05) is 42.5 Å². The van der Waals surface area contributed by atoms with Crippen LogP contribution in [0, 0.1) is 0 Å². The van der Waals surface area contributed by atoms with Crippen LogP contribution in [-0.2, 0) is 18.0 Å². The quantitative estimate of drug-likeness (QED) is 0.608. The molecule has 3 rings (SSSR count). The van der Waals surface area contributed by atoms with Crippen LogP contribution in [-0.4, -0.2) is 10.9 Å². The smallest absolute Gasteiger partial charge is 0.255 e. The third-order valence-electron chi connectivity index (χ3n) is 3.58. The van der Waals surface area contributed by atoms with Crippen molar-refractivity contribution in [3.05, 3.63) is 94.2 Å². The fourth-order valence-corrected chi connectivity index (χ4v) is 2.66. The Balaban J connectivity index is 1.52. The molecular weight excluding hydrogens is 380 g/mol. The Morgan fingerprint density at radius 2 is 1.64 bits per heavy atom. The monoisotopic (exact) mass is 396 g/mol. The lowest BCUT2D eigenvalue weighted by Gasteiger charge is -2.08. The van der Waals surface area contributed by atoms with Crippen LogP contribution < -0.4 is 5.32 Å². The van der Waals surface area contributed by atoms with Crippen molar-refractivity contribution in [1.29, 1.82) is 0 Å². The lowest BCUT2D eigenvalue weighted by Crippen LogP contribution is -2.12. The molecule has 1 amide bonds. The van der Waals surface area contributed by atoms with Gasteiger partial charge in [0, 0.05) is 17.4 Å².